The van der Waals surface area contributed by atoms with Crippen molar-refractivity contribution < 1.29 is 14.3 Å². The molecule has 0 bridgehead atoms. The summed E-state index contributed by atoms with van der Waals surface area (Å²) in [5.41, 5.74) is 0. The summed E-state index contributed by atoms with van der Waals surface area (Å²) in [6.45, 7) is 4.72. The molecule has 0 aromatic rings. The van der Waals surface area contributed by atoms with E-state index in [2.05, 4.69) is 5.32 Å². The average Bonchev–Trinajstić information content (AvgIpc) is 2.98. The fraction of sp³-hybridized carbons (Fsp3) is 0.857. The first-order valence-corrected chi connectivity index (χ1v) is 7.47. The third kappa shape index (κ3) is 5.80. The maximum Gasteiger partial charge on any atom is 0.242 e. The highest BCUT2D eigenvalue weighted by Gasteiger charge is 2.21. The van der Waals surface area contributed by atoms with Crippen LogP contribution in [0.2, 0.25) is 0 Å². The van der Waals surface area contributed by atoms with Crippen molar-refractivity contribution in [1.82, 2.24) is 15.1 Å². The second kappa shape index (κ2) is 9.23. The number of halogens is 1. The molecule has 6 nitrogen and oxygen atoms in total. The van der Waals surface area contributed by atoms with E-state index in [4.69, 9.17) is 4.74 Å². The monoisotopic (exact) mass is 319 g/mol. The average molecular weight is 320 g/mol. The number of nitrogens with one attached hydrogen (secondary N) is 1. The summed E-state index contributed by atoms with van der Waals surface area (Å²) in [5, 5.41) is 3.30. The van der Waals surface area contributed by atoms with Crippen LogP contribution in [0.3, 0.4) is 0 Å². The third-order valence-corrected chi connectivity index (χ3v) is 4.09. The Bertz CT molecular complexity index is 342. The number of carbonyl (C=O) groups is 2. The predicted octanol–water partition coefficient (Wildman–Crippen LogP) is 0.115. The molecule has 2 fully saturated rings. The molecule has 1 unspecified atom stereocenters. The van der Waals surface area contributed by atoms with Crippen molar-refractivity contribution in [3.8, 4) is 0 Å². The maximum atomic E-state index is 12.0. The molecule has 2 saturated heterocycles. The SMILES string of the molecule is CN(CC(=O)N1CCOCC1)C(=O)CCC1CCNC1.Cl. The van der Waals surface area contributed by atoms with E-state index in [1.807, 2.05) is 0 Å². The van der Waals surface area contributed by atoms with Gasteiger partial charge in [0.05, 0.1) is 19.8 Å². The highest BCUT2D eigenvalue weighted by Crippen LogP contribution is 2.14. The number of hydrogen-bond acceptors (Lipinski definition) is 4. The summed E-state index contributed by atoms with van der Waals surface area (Å²) in [7, 11) is 1.72. The lowest BCUT2D eigenvalue weighted by atomic mass is 10.0. The Morgan fingerprint density at radius 1 is 1.33 bits per heavy atom. The van der Waals surface area contributed by atoms with Crippen LogP contribution in [0.25, 0.3) is 0 Å². The molecule has 122 valence electrons. The first-order valence-electron chi connectivity index (χ1n) is 7.47. The van der Waals surface area contributed by atoms with Crippen molar-refractivity contribution in [3.63, 3.8) is 0 Å². The zero-order valence-electron chi connectivity index (χ0n) is 12.7. The van der Waals surface area contributed by atoms with Gasteiger partial charge >= 0.3 is 0 Å². The van der Waals surface area contributed by atoms with Crippen molar-refractivity contribution in [2.45, 2.75) is 19.3 Å². The van der Waals surface area contributed by atoms with E-state index in [-0.39, 0.29) is 30.8 Å². The summed E-state index contributed by atoms with van der Waals surface area (Å²) >= 11 is 0. The highest BCUT2D eigenvalue weighted by molar-refractivity contribution is 5.85. The lowest BCUT2D eigenvalue weighted by Crippen LogP contribution is -2.46. The molecule has 0 spiro atoms. The van der Waals surface area contributed by atoms with Gasteiger partial charge in [0, 0.05) is 26.6 Å². The topological polar surface area (TPSA) is 61.9 Å². The number of nitrogens with zero attached hydrogens (tertiary/aromatic N) is 2. The van der Waals surface area contributed by atoms with E-state index in [0.717, 1.165) is 25.9 Å². The van der Waals surface area contributed by atoms with Gasteiger partial charge in [0.15, 0.2) is 0 Å². The zero-order valence-corrected chi connectivity index (χ0v) is 13.5. The molecular formula is C14H26ClN3O3. The van der Waals surface area contributed by atoms with Gasteiger partial charge in [-0.25, -0.2) is 0 Å². The van der Waals surface area contributed by atoms with Crippen LogP contribution in [0.1, 0.15) is 19.3 Å². The van der Waals surface area contributed by atoms with E-state index in [1.165, 1.54) is 0 Å². The smallest absolute Gasteiger partial charge is 0.242 e. The lowest BCUT2D eigenvalue weighted by molar-refractivity contribution is -0.142. The van der Waals surface area contributed by atoms with E-state index >= 15 is 0 Å². The van der Waals surface area contributed by atoms with Crippen LogP contribution >= 0.6 is 12.4 Å². The fourth-order valence-corrected chi connectivity index (χ4v) is 2.68. The number of rotatable bonds is 5. The molecule has 2 rings (SSSR count). The fourth-order valence-electron chi connectivity index (χ4n) is 2.68. The summed E-state index contributed by atoms with van der Waals surface area (Å²) in [6.07, 6.45) is 2.62. The van der Waals surface area contributed by atoms with Gasteiger partial charge in [0.25, 0.3) is 0 Å². The van der Waals surface area contributed by atoms with Crippen LogP contribution in [0.5, 0.6) is 0 Å². The molecule has 2 aliphatic heterocycles. The molecule has 2 amide bonds. The molecule has 21 heavy (non-hydrogen) atoms. The number of amides is 2. The summed E-state index contributed by atoms with van der Waals surface area (Å²) < 4.78 is 5.22. The predicted molar refractivity (Wildman–Crippen MR) is 82.5 cm³/mol. The number of morpholine rings is 1. The minimum atomic E-state index is 0. The Hall–Kier alpha value is -0.850. The van der Waals surface area contributed by atoms with E-state index in [0.29, 0.717) is 38.6 Å². The second-order valence-electron chi connectivity index (χ2n) is 5.64. The minimum absolute atomic E-state index is 0. The normalized spacial score (nSPS) is 21.8. The summed E-state index contributed by atoms with van der Waals surface area (Å²) in [6, 6.07) is 0. The molecule has 1 N–H and O–H groups in total. The summed E-state index contributed by atoms with van der Waals surface area (Å²) in [4.78, 5) is 27.4. The quantitative estimate of drug-likeness (QED) is 0.781. The van der Waals surface area contributed by atoms with Crippen molar-refractivity contribution in [2.24, 2.45) is 5.92 Å². The van der Waals surface area contributed by atoms with Crippen LogP contribution in [-0.4, -0.2) is 74.6 Å². The lowest BCUT2D eigenvalue weighted by Gasteiger charge is -2.28. The first-order chi connectivity index (χ1) is 9.66. The Balaban J connectivity index is 0.00000220. The first kappa shape index (κ1) is 18.2. The van der Waals surface area contributed by atoms with Crippen LogP contribution in [-0.2, 0) is 14.3 Å². The number of carbonyl (C=O) groups excluding carboxylic acids is 2. The molecular weight excluding hydrogens is 294 g/mol. The second-order valence-corrected chi connectivity index (χ2v) is 5.64. The van der Waals surface area contributed by atoms with Gasteiger partial charge in [0.2, 0.25) is 11.8 Å². The Labute approximate surface area is 132 Å². The highest BCUT2D eigenvalue weighted by atomic mass is 35.5. The van der Waals surface area contributed by atoms with Crippen LogP contribution in [0.15, 0.2) is 0 Å². The molecule has 2 heterocycles. The molecule has 0 saturated carbocycles. The standard InChI is InChI=1S/C14H25N3O3.ClH/c1-16(11-14(19)17-6-8-20-9-7-17)13(18)3-2-12-4-5-15-10-12;/h12,15H,2-11H2,1H3;1H. The molecule has 0 aromatic heterocycles. The summed E-state index contributed by atoms with van der Waals surface area (Å²) in [5.74, 6) is 0.701. The van der Waals surface area contributed by atoms with Gasteiger partial charge < -0.3 is 19.9 Å². The van der Waals surface area contributed by atoms with Crippen molar-refractivity contribution in [2.75, 3.05) is 53.0 Å². The Morgan fingerprint density at radius 2 is 2.05 bits per heavy atom. The molecule has 0 aliphatic carbocycles. The van der Waals surface area contributed by atoms with Crippen LogP contribution in [0, 0.1) is 5.92 Å². The molecule has 0 radical (unpaired) electrons. The van der Waals surface area contributed by atoms with Gasteiger partial charge in [-0.15, -0.1) is 12.4 Å². The molecule has 0 aromatic carbocycles. The van der Waals surface area contributed by atoms with Gasteiger partial charge in [-0.2, -0.15) is 0 Å². The number of ether oxygens (including phenoxy) is 1. The molecule has 1 atom stereocenters. The van der Waals surface area contributed by atoms with E-state index in [9.17, 15) is 9.59 Å². The third-order valence-electron chi connectivity index (χ3n) is 4.09. The van der Waals surface area contributed by atoms with Crippen molar-refractivity contribution in [3.05, 3.63) is 0 Å². The Kier molecular flexibility index (Phi) is 8.00. The Morgan fingerprint density at radius 3 is 2.67 bits per heavy atom. The van der Waals surface area contributed by atoms with Gasteiger partial charge in [-0.1, -0.05) is 0 Å². The van der Waals surface area contributed by atoms with Crippen LogP contribution < -0.4 is 5.32 Å². The van der Waals surface area contributed by atoms with Gasteiger partial charge in [-0.3, -0.25) is 9.59 Å². The zero-order chi connectivity index (χ0) is 14.4. The van der Waals surface area contributed by atoms with E-state index < -0.39 is 0 Å². The number of hydrogen-bond donors (Lipinski definition) is 1. The van der Waals surface area contributed by atoms with Gasteiger partial charge in [0.1, 0.15) is 0 Å². The van der Waals surface area contributed by atoms with Crippen molar-refractivity contribution in [1.29, 1.82) is 0 Å². The maximum absolute atomic E-state index is 12.0. The largest absolute Gasteiger partial charge is 0.378 e. The number of likely N-dealkylation sites (N-methyl/N-ethyl adjacent to an activating group) is 1. The molecule has 7 heteroatoms. The van der Waals surface area contributed by atoms with E-state index in [1.54, 1.807) is 16.8 Å². The minimum Gasteiger partial charge on any atom is -0.378 e. The van der Waals surface area contributed by atoms with Crippen LogP contribution in [0.4, 0.5) is 0 Å². The van der Waals surface area contributed by atoms with Crippen molar-refractivity contribution >= 4 is 24.2 Å². The van der Waals surface area contributed by atoms with Gasteiger partial charge in [-0.05, 0) is 31.8 Å². The molecule has 2 aliphatic rings.